The molecule has 0 radical (unpaired) electrons. The number of rotatable bonds is 7. The molecular weight excluding hydrogens is 338 g/mol. The van der Waals surface area contributed by atoms with Crippen LogP contribution in [0.1, 0.15) is 64.5 Å². The third-order valence-corrected chi connectivity index (χ3v) is 5.13. The molecule has 1 saturated heterocycles. The number of unbranched alkanes of at least 4 members (excludes halogenated alkanes) is 1. The smallest absolute Gasteiger partial charge is 0.328 e. The van der Waals surface area contributed by atoms with Crippen molar-refractivity contribution >= 4 is 23.5 Å². The van der Waals surface area contributed by atoms with E-state index in [0.717, 1.165) is 31.2 Å². The molecule has 1 aliphatic rings. The van der Waals surface area contributed by atoms with Gasteiger partial charge in [-0.05, 0) is 43.4 Å². The fourth-order valence-electron chi connectivity index (χ4n) is 3.35. The van der Waals surface area contributed by atoms with Crippen LogP contribution in [0.2, 0.25) is 5.02 Å². The van der Waals surface area contributed by atoms with Gasteiger partial charge in [0.2, 0.25) is 5.91 Å². The monoisotopic (exact) mass is 365 g/mol. The van der Waals surface area contributed by atoms with E-state index in [1.54, 1.807) is 4.90 Å². The summed E-state index contributed by atoms with van der Waals surface area (Å²) in [6.07, 6.45) is 4.02. The van der Waals surface area contributed by atoms with Gasteiger partial charge in [0.1, 0.15) is 6.04 Å². The number of esters is 1. The molecule has 4 nitrogen and oxygen atoms in total. The summed E-state index contributed by atoms with van der Waals surface area (Å²) in [4.78, 5) is 27.3. The SMILES string of the molecule is CCCCOC(=O)C(CC)N1C(=O)C(C)CC[C@H]1c1ccc(Cl)cc1. The summed E-state index contributed by atoms with van der Waals surface area (Å²) in [5.74, 6) is -0.330. The highest BCUT2D eigenvalue weighted by atomic mass is 35.5. The largest absolute Gasteiger partial charge is 0.464 e. The van der Waals surface area contributed by atoms with Crippen LogP contribution in [0.25, 0.3) is 0 Å². The van der Waals surface area contributed by atoms with Crippen LogP contribution in [-0.4, -0.2) is 29.4 Å². The average molecular weight is 366 g/mol. The third kappa shape index (κ3) is 4.75. The average Bonchev–Trinajstić information content (AvgIpc) is 2.60. The van der Waals surface area contributed by atoms with E-state index >= 15 is 0 Å². The molecular formula is C20H28ClNO3. The molecule has 138 valence electrons. The lowest BCUT2D eigenvalue weighted by atomic mass is 9.87. The van der Waals surface area contributed by atoms with Gasteiger partial charge >= 0.3 is 5.97 Å². The molecule has 0 aliphatic carbocycles. The topological polar surface area (TPSA) is 46.6 Å². The van der Waals surface area contributed by atoms with Gasteiger partial charge in [-0.1, -0.05) is 50.9 Å². The summed E-state index contributed by atoms with van der Waals surface area (Å²) < 4.78 is 5.42. The molecule has 3 atom stereocenters. The van der Waals surface area contributed by atoms with E-state index < -0.39 is 6.04 Å². The number of ether oxygens (including phenoxy) is 1. The summed E-state index contributed by atoms with van der Waals surface area (Å²) in [6.45, 7) is 6.33. The summed E-state index contributed by atoms with van der Waals surface area (Å²) in [6, 6.07) is 6.91. The van der Waals surface area contributed by atoms with Crippen LogP contribution in [-0.2, 0) is 14.3 Å². The van der Waals surface area contributed by atoms with Crippen molar-refractivity contribution in [3.63, 3.8) is 0 Å². The number of carbonyl (C=O) groups is 2. The maximum Gasteiger partial charge on any atom is 0.328 e. The lowest BCUT2D eigenvalue weighted by Crippen LogP contribution is -2.51. The first kappa shape index (κ1) is 19.8. The van der Waals surface area contributed by atoms with Crippen LogP contribution >= 0.6 is 11.6 Å². The van der Waals surface area contributed by atoms with E-state index in [0.29, 0.717) is 18.1 Å². The van der Waals surface area contributed by atoms with Gasteiger partial charge in [0, 0.05) is 10.9 Å². The first-order chi connectivity index (χ1) is 12.0. The zero-order valence-electron chi connectivity index (χ0n) is 15.3. The van der Waals surface area contributed by atoms with Crippen LogP contribution in [0.15, 0.2) is 24.3 Å². The number of nitrogens with zero attached hydrogens (tertiary/aromatic N) is 1. The number of halogens is 1. The van der Waals surface area contributed by atoms with Crippen molar-refractivity contribution in [3.8, 4) is 0 Å². The summed E-state index contributed by atoms with van der Waals surface area (Å²) in [5, 5.41) is 0.664. The Morgan fingerprint density at radius 3 is 2.56 bits per heavy atom. The zero-order chi connectivity index (χ0) is 18.4. The van der Waals surface area contributed by atoms with Crippen molar-refractivity contribution in [1.29, 1.82) is 0 Å². The van der Waals surface area contributed by atoms with Gasteiger partial charge in [0.15, 0.2) is 0 Å². The molecule has 0 aromatic heterocycles. The van der Waals surface area contributed by atoms with Crippen LogP contribution in [0.3, 0.4) is 0 Å². The maximum atomic E-state index is 12.9. The van der Waals surface area contributed by atoms with E-state index in [1.165, 1.54) is 0 Å². The van der Waals surface area contributed by atoms with Crippen molar-refractivity contribution in [2.24, 2.45) is 5.92 Å². The molecule has 1 aliphatic heterocycles. The third-order valence-electron chi connectivity index (χ3n) is 4.88. The molecule has 1 heterocycles. The number of amides is 1. The standard InChI is InChI=1S/C20H28ClNO3/c1-4-6-13-25-20(24)17(5-2)22-18(12-7-14(3)19(22)23)15-8-10-16(21)11-9-15/h8-11,14,17-18H,4-7,12-13H2,1-3H3/t14?,17?,18-/m0/s1. The molecule has 1 amide bonds. The van der Waals surface area contributed by atoms with Crippen molar-refractivity contribution in [2.75, 3.05) is 6.61 Å². The zero-order valence-corrected chi connectivity index (χ0v) is 16.1. The molecule has 5 heteroatoms. The summed E-state index contributed by atoms with van der Waals surface area (Å²) in [5.41, 5.74) is 1.02. The Balaban J connectivity index is 2.26. The summed E-state index contributed by atoms with van der Waals surface area (Å²) in [7, 11) is 0. The number of hydrogen-bond acceptors (Lipinski definition) is 3. The van der Waals surface area contributed by atoms with Gasteiger partial charge in [0.25, 0.3) is 0 Å². The van der Waals surface area contributed by atoms with Crippen molar-refractivity contribution < 1.29 is 14.3 Å². The van der Waals surface area contributed by atoms with E-state index in [9.17, 15) is 9.59 Å². The Hall–Kier alpha value is -1.55. The number of likely N-dealkylation sites (tertiary alicyclic amines) is 1. The Morgan fingerprint density at radius 1 is 1.28 bits per heavy atom. The second-order valence-electron chi connectivity index (χ2n) is 6.74. The number of hydrogen-bond donors (Lipinski definition) is 0. The van der Waals surface area contributed by atoms with E-state index in [-0.39, 0.29) is 23.8 Å². The second-order valence-corrected chi connectivity index (χ2v) is 7.17. The van der Waals surface area contributed by atoms with Gasteiger partial charge < -0.3 is 9.64 Å². The van der Waals surface area contributed by atoms with Crippen molar-refractivity contribution in [3.05, 3.63) is 34.9 Å². The van der Waals surface area contributed by atoms with Crippen molar-refractivity contribution in [1.82, 2.24) is 4.90 Å². The van der Waals surface area contributed by atoms with Crippen LogP contribution in [0, 0.1) is 5.92 Å². The molecule has 0 bridgehead atoms. The quantitative estimate of drug-likeness (QED) is 0.517. The maximum absolute atomic E-state index is 12.9. The second kappa shape index (κ2) is 9.23. The molecule has 2 unspecified atom stereocenters. The highest BCUT2D eigenvalue weighted by molar-refractivity contribution is 6.30. The van der Waals surface area contributed by atoms with Gasteiger partial charge in [-0.25, -0.2) is 4.79 Å². The van der Waals surface area contributed by atoms with Crippen LogP contribution in [0.5, 0.6) is 0 Å². The van der Waals surface area contributed by atoms with E-state index in [1.807, 2.05) is 38.1 Å². The van der Waals surface area contributed by atoms with E-state index in [4.69, 9.17) is 16.3 Å². The van der Waals surface area contributed by atoms with E-state index in [2.05, 4.69) is 6.92 Å². The Kier molecular flexibility index (Phi) is 7.30. The van der Waals surface area contributed by atoms with Crippen molar-refractivity contribution in [2.45, 2.75) is 65.0 Å². The Bertz CT molecular complexity index is 587. The number of benzene rings is 1. The highest BCUT2D eigenvalue weighted by Crippen LogP contribution is 2.37. The molecule has 1 aromatic rings. The Labute approximate surface area is 155 Å². The first-order valence-corrected chi connectivity index (χ1v) is 9.61. The first-order valence-electron chi connectivity index (χ1n) is 9.23. The summed E-state index contributed by atoms with van der Waals surface area (Å²) >= 11 is 6.00. The van der Waals surface area contributed by atoms with Gasteiger partial charge in [0.05, 0.1) is 12.6 Å². The Morgan fingerprint density at radius 2 is 1.96 bits per heavy atom. The lowest BCUT2D eigenvalue weighted by molar-refractivity contribution is -0.161. The fourth-order valence-corrected chi connectivity index (χ4v) is 3.48. The number of carbonyl (C=O) groups excluding carboxylic acids is 2. The molecule has 1 aromatic carbocycles. The lowest BCUT2D eigenvalue weighted by Gasteiger charge is -2.42. The molecule has 1 fully saturated rings. The van der Waals surface area contributed by atoms with Gasteiger partial charge in [-0.2, -0.15) is 0 Å². The molecule has 0 spiro atoms. The predicted octanol–water partition coefficient (Wildman–Crippen LogP) is 4.76. The normalized spacial score (nSPS) is 21.9. The minimum absolute atomic E-state index is 0.0329. The predicted molar refractivity (Wildman–Crippen MR) is 99.4 cm³/mol. The highest BCUT2D eigenvalue weighted by Gasteiger charge is 2.40. The van der Waals surface area contributed by atoms with Crippen LogP contribution < -0.4 is 0 Å². The molecule has 2 rings (SSSR count). The molecule has 25 heavy (non-hydrogen) atoms. The van der Waals surface area contributed by atoms with Crippen LogP contribution in [0.4, 0.5) is 0 Å². The van der Waals surface area contributed by atoms with Gasteiger partial charge in [-0.3, -0.25) is 4.79 Å². The van der Waals surface area contributed by atoms with Gasteiger partial charge in [-0.15, -0.1) is 0 Å². The number of piperidine rings is 1. The minimum atomic E-state index is -0.534. The molecule has 0 N–H and O–H groups in total. The molecule has 0 saturated carbocycles. The minimum Gasteiger partial charge on any atom is -0.464 e. The fraction of sp³-hybridized carbons (Fsp3) is 0.600.